The summed E-state index contributed by atoms with van der Waals surface area (Å²) in [6.45, 7) is 2.49. The van der Waals surface area contributed by atoms with Crippen LogP contribution in [0.1, 0.15) is 41.6 Å². The fourth-order valence-electron chi connectivity index (χ4n) is 2.28. The van der Waals surface area contributed by atoms with Crippen LogP contribution in [0.15, 0.2) is 12.1 Å². The molecule has 1 nitrogen and oxygen atoms in total. The molecule has 0 saturated carbocycles. The van der Waals surface area contributed by atoms with Gasteiger partial charge in [0.2, 0.25) is 0 Å². The number of rotatable bonds is 4. The van der Waals surface area contributed by atoms with Crippen molar-refractivity contribution in [1.82, 2.24) is 0 Å². The van der Waals surface area contributed by atoms with Crippen molar-refractivity contribution in [2.45, 2.75) is 43.5 Å². The molecule has 1 aliphatic rings. The molecule has 0 amide bonds. The van der Waals surface area contributed by atoms with Gasteiger partial charge in [-0.1, -0.05) is 15.9 Å². The second-order valence-corrected chi connectivity index (χ2v) is 5.91. The highest BCUT2D eigenvalue weighted by atomic mass is 79.9. The lowest BCUT2D eigenvalue weighted by Crippen LogP contribution is -2.07. The Bertz CT molecular complexity index is 417. The molecule has 1 heterocycles. The maximum absolute atomic E-state index is 13.7. The van der Waals surface area contributed by atoms with Crippen LogP contribution in [0.25, 0.3) is 0 Å². The van der Waals surface area contributed by atoms with Crippen molar-refractivity contribution >= 4 is 15.9 Å². The van der Waals surface area contributed by atoms with Crippen LogP contribution in [0.4, 0.5) is 8.78 Å². The monoisotopic (exact) mass is 318 g/mol. The van der Waals surface area contributed by atoms with Crippen molar-refractivity contribution < 1.29 is 13.5 Å². The molecule has 1 saturated heterocycles. The largest absolute Gasteiger partial charge is 0.378 e. The van der Waals surface area contributed by atoms with Gasteiger partial charge in [0.15, 0.2) is 0 Å². The van der Waals surface area contributed by atoms with Gasteiger partial charge >= 0.3 is 0 Å². The Balaban J connectivity index is 1.99. The van der Waals surface area contributed by atoms with Crippen LogP contribution in [0.5, 0.6) is 0 Å². The Labute approximate surface area is 115 Å². The molecule has 18 heavy (non-hydrogen) atoms. The highest BCUT2D eigenvalue weighted by molar-refractivity contribution is 9.09. The third-order valence-corrected chi connectivity index (χ3v) is 4.33. The number of aryl methyl sites for hydroxylation is 1. The predicted octanol–water partition coefficient (Wildman–Crippen LogP) is 4.67. The summed E-state index contributed by atoms with van der Waals surface area (Å²) in [5, 5.41) is 0. The summed E-state index contributed by atoms with van der Waals surface area (Å²) in [6.07, 6.45) is 4.21. The lowest BCUT2D eigenvalue weighted by molar-refractivity contribution is 0.102. The van der Waals surface area contributed by atoms with E-state index in [4.69, 9.17) is 4.74 Å². The van der Waals surface area contributed by atoms with Gasteiger partial charge in [0.1, 0.15) is 11.6 Å². The van der Waals surface area contributed by atoms with E-state index in [0.717, 1.165) is 38.4 Å². The first-order valence-corrected chi connectivity index (χ1v) is 7.20. The molecule has 0 aliphatic carbocycles. The SMILES string of the molecule is Cc1cc(C(Br)CCC2CCCO2)c(F)cc1F. The molecule has 1 aliphatic heterocycles. The van der Waals surface area contributed by atoms with Crippen molar-refractivity contribution in [2.24, 2.45) is 0 Å². The van der Waals surface area contributed by atoms with Gasteiger partial charge in [0.05, 0.1) is 6.10 Å². The van der Waals surface area contributed by atoms with Gasteiger partial charge < -0.3 is 4.74 Å². The lowest BCUT2D eigenvalue weighted by Gasteiger charge is -2.15. The summed E-state index contributed by atoms with van der Waals surface area (Å²) in [4.78, 5) is -0.0824. The molecule has 1 aromatic rings. The number of hydrogen-bond donors (Lipinski definition) is 0. The molecule has 2 atom stereocenters. The minimum absolute atomic E-state index is 0.0824. The first-order chi connectivity index (χ1) is 8.58. The van der Waals surface area contributed by atoms with Crippen molar-refractivity contribution in [1.29, 1.82) is 0 Å². The van der Waals surface area contributed by atoms with Crippen LogP contribution in [0.3, 0.4) is 0 Å². The predicted molar refractivity (Wildman–Crippen MR) is 71.0 cm³/mol. The number of alkyl halides is 1. The van der Waals surface area contributed by atoms with Crippen molar-refractivity contribution in [3.63, 3.8) is 0 Å². The third kappa shape index (κ3) is 3.29. The van der Waals surface area contributed by atoms with Crippen LogP contribution in [-0.4, -0.2) is 12.7 Å². The minimum Gasteiger partial charge on any atom is -0.378 e. The molecule has 0 radical (unpaired) electrons. The number of ether oxygens (including phenoxy) is 1. The molecule has 2 unspecified atom stereocenters. The van der Waals surface area contributed by atoms with E-state index < -0.39 is 11.6 Å². The van der Waals surface area contributed by atoms with Crippen LogP contribution >= 0.6 is 15.9 Å². The molecule has 0 N–H and O–H groups in total. The average molecular weight is 319 g/mol. The van der Waals surface area contributed by atoms with Crippen molar-refractivity contribution in [2.75, 3.05) is 6.61 Å². The van der Waals surface area contributed by atoms with Crippen LogP contribution in [0, 0.1) is 18.6 Å². The number of halogens is 3. The Morgan fingerprint density at radius 3 is 2.83 bits per heavy atom. The maximum atomic E-state index is 13.7. The standard InChI is InChI=1S/C14H17BrF2O/c1-9-7-11(14(17)8-13(9)16)12(15)5-4-10-3-2-6-18-10/h7-8,10,12H,2-6H2,1H3. The van der Waals surface area contributed by atoms with Gasteiger partial charge in [-0.25, -0.2) is 8.78 Å². The van der Waals surface area contributed by atoms with Crippen molar-refractivity contribution in [3.05, 3.63) is 34.9 Å². The first-order valence-electron chi connectivity index (χ1n) is 6.29. The van der Waals surface area contributed by atoms with Gasteiger partial charge in [-0.05, 0) is 44.2 Å². The first kappa shape index (κ1) is 13.9. The molecule has 1 fully saturated rings. The van der Waals surface area contributed by atoms with E-state index in [2.05, 4.69) is 15.9 Å². The fourth-order valence-corrected chi connectivity index (χ4v) is 2.89. The van der Waals surface area contributed by atoms with Crippen LogP contribution < -0.4 is 0 Å². The zero-order valence-corrected chi connectivity index (χ0v) is 12.0. The van der Waals surface area contributed by atoms with Gasteiger partial charge in [0.25, 0.3) is 0 Å². The quantitative estimate of drug-likeness (QED) is 0.733. The normalized spacial score (nSPS) is 21.2. The van der Waals surface area contributed by atoms with Gasteiger partial charge in [-0.3, -0.25) is 0 Å². The molecule has 100 valence electrons. The van der Waals surface area contributed by atoms with Gasteiger partial charge in [0, 0.05) is 23.1 Å². The van der Waals surface area contributed by atoms with E-state index >= 15 is 0 Å². The topological polar surface area (TPSA) is 9.23 Å². The number of hydrogen-bond acceptors (Lipinski definition) is 1. The van der Waals surface area contributed by atoms with Gasteiger partial charge in [-0.2, -0.15) is 0 Å². The third-order valence-electron chi connectivity index (χ3n) is 3.38. The highest BCUT2D eigenvalue weighted by Gasteiger charge is 2.20. The second kappa shape index (κ2) is 6.11. The number of benzene rings is 1. The molecule has 0 aromatic heterocycles. The van der Waals surface area contributed by atoms with E-state index in [1.54, 1.807) is 13.0 Å². The Kier molecular flexibility index (Phi) is 4.73. The van der Waals surface area contributed by atoms with Gasteiger partial charge in [-0.15, -0.1) is 0 Å². The van der Waals surface area contributed by atoms with E-state index in [1.165, 1.54) is 0 Å². The Morgan fingerprint density at radius 1 is 1.39 bits per heavy atom. The van der Waals surface area contributed by atoms with Crippen molar-refractivity contribution in [3.8, 4) is 0 Å². The molecule has 0 bridgehead atoms. The Morgan fingerprint density at radius 2 is 2.17 bits per heavy atom. The summed E-state index contributed by atoms with van der Waals surface area (Å²) in [6, 6.07) is 2.55. The summed E-state index contributed by atoms with van der Waals surface area (Å²) in [7, 11) is 0. The van der Waals surface area contributed by atoms with E-state index in [-0.39, 0.29) is 4.83 Å². The molecule has 4 heteroatoms. The minimum atomic E-state index is -0.491. The summed E-state index contributed by atoms with van der Waals surface area (Å²) < 4.78 is 32.4. The Hall–Kier alpha value is -0.480. The molecule has 1 aromatic carbocycles. The van der Waals surface area contributed by atoms with Crippen LogP contribution in [0.2, 0.25) is 0 Å². The summed E-state index contributed by atoms with van der Waals surface area (Å²) in [5.74, 6) is -0.970. The van der Waals surface area contributed by atoms with E-state index in [9.17, 15) is 8.78 Å². The summed E-state index contributed by atoms with van der Waals surface area (Å²) >= 11 is 3.48. The van der Waals surface area contributed by atoms with E-state index in [1.807, 2.05) is 0 Å². The summed E-state index contributed by atoms with van der Waals surface area (Å²) in [5.41, 5.74) is 1.01. The smallest absolute Gasteiger partial charge is 0.130 e. The zero-order valence-electron chi connectivity index (χ0n) is 10.4. The molecule has 0 spiro atoms. The van der Waals surface area contributed by atoms with E-state index in [0.29, 0.717) is 17.2 Å². The zero-order chi connectivity index (χ0) is 13.1. The molecule has 2 rings (SSSR count). The lowest BCUT2D eigenvalue weighted by atomic mass is 10.0. The average Bonchev–Trinajstić information content (AvgIpc) is 2.84. The molecular weight excluding hydrogens is 302 g/mol. The second-order valence-electron chi connectivity index (χ2n) is 4.80. The fraction of sp³-hybridized carbons (Fsp3) is 0.571. The molecular formula is C14H17BrF2O. The maximum Gasteiger partial charge on any atom is 0.130 e. The highest BCUT2D eigenvalue weighted by Crippen LogP contribution is 2.33. The van der Waals surface area contributed by atoms with Crippen LogP contribution in [-0.2, 0) is 4.74 Å².